The van der Waals surface area contributed by atoms with Gasteiger partial charge in [0.15, 0.2) is 0 Å². The van der Waals surface area contributed by atoms with Gasteiger partial charge in [-0.1, -0.05) is 6.92 Å². The Kier molecular flexibility index (Phi) is 8.10. The van der Waals surface area contributed by atoms with E-state index in [4.69, 9.17) is 5.73 Å². The number of nitrogens with two attached hydrogens (primary N) is 1. The predicted molar refractivity (Wildman–Crippen MR) is 59.6 cm³/mol. The number of hydrogen-bond donors (Lipinski definition) is 5. The Balaban J connectivity index is 3.86. The molecule has 0 aliphatic heterocycles. The van der Waals surface area contributed by atoms with Gasteiger partial charge in [0.1, 0.15) is 6.10 Å². The zero-order valence-corrected chi connectivity index (χ0v) is 9.59. The van der Waals surface area contributed by atoms with Crippen LogP contribution in [0.1, 0.15) is 26.2 Å². The van der Waals surface area contributed by atoms with Gasteiger partial charge < -0.3 is 26.4 Å². The summed E-state index contributed by atoms with van der Waals surface area (Å²) >= 11 is 0. The number of amides is 1. The van der Waals surface area contributed by atoms with Gasteiger partial charge in [-0.2, -0.15) is 0 Å². The third-order valence-electron chi connectivity index (χ3n) is 2.31. The van der Waals surface area contributed by atoms with Gasteiger partial charge in [-0.25, -0.2) is 0 Å². The largest absolute Gasteiger partial charge is 0.390 e. The Morgan fingerprint density at radius 3 is 2.44 bits per heavy atom. The Bertz CT molecular complexity index is 201. The lowest BCUT2D eigenvalue weighted by molar-refractivity contribution is -0.131. The molecule has 0 aromatic rings. The van der Waals surface area contributed by atoms with Crippen molar-refractivity contribution in [2.75, 3.05) is 13.1 Å². The van der Waals surface area contributed by atoms with Crippen LogP contribution in [0.3, 0.4) is 0 Å². The molecule has 0 saturated carbocycles. The third kappa shape index (κ3) is 6.02. The van der Waals surface area contributed by atoms with E-state index in [0.717, 1.165) is 0 Å². The summed E-state index contributed by atoms with van der Waals surface area (Å²) < 4.78 is 0. The Hall–Kier alpha value is -0.690. The van der Waals surface area contributed by atoms with E-state index in [1.165, 1.54) is 0 Å². The molecule has 0 spiro atoms. The Morgan fingerprint density at radius 2 is 1.94 bits per heavy atom. The van der Waals surface area contributed by atoms with Crippen LogP contribution in [-0.4, -0.2) is 52.6 Å². The molecule has 0 radical (unpaired) electrons. The van der Waals surface area contributed by atoms with Crippen LogP contribution in [0.5, 0.6) is 0 Å². The fourth-order valence-electron chi connectivity index (χ4n) is 1.20. The molecule has 0 aliphatic carbocycles. The van der Waals surface area contributed by atoms with E-state index in [-0.39, 0.29) is 6.42 Å². The number of carbonyl (C=O) groups is 1. The van der Waals surface area contributed by atoms with E-state index in [1.807, 2.05) is 0 Å². The third-order valence-corrected chi connectivity index (χ3v) is 2.31. The van der Waals surface area contributed by atoms with Crippen LogP contribution in [0.25, 0.3) is 0 Å². The van der Waals surface area contributed by atoms with E-state index in [0.29, 0.717) is 25.9 Å². The first-order chi connectivity index (χ1) is 7.52. The number of rotatable bonds is 8. The molecule has 0 aromatic carbocycles. The van der Waals surface area contributed by atoms with Crippen LogP contribution in [0.15, 0.2) is 0 Å². The summed E-state index contributed by atoms with van der Waals surface area (Å²) in [5.74, 6) is -0.546. The van der Waals surface area contributed by atoms with Crippen molar-refractivity contribution in [3.63, 3.8) is 0 Å². The maximum absolute atomic E-state index is 11.3. The van der Waals surface area contributed by atoms with Gasteiger partial charge in [0.05, 0.1) is 12.2 Å². The van der Waals surface area contributed by atoms with Crippen molar-refractivity contribution in [1.29, 1.82) is 0 Å². The minimum Gasteiger partial charge on any atom is -0.390 e. The second kappa shape index (κ2) is 8.46. The van der Waals surface area contributed by atoms with Crippen LogP contribution in [0.4, 0.5) is 0 Å². The molecule has 0 heterocycles. The molecule has 0 saturated heterocycles. The molecule has 1 amide bonds. The molecular formula is C10H22N2O4. The molecule has 6 N–H and O–H groups in total. The zero-order valence-electron chi connectivity index (χ0n) is 9.59. The molecule has 0 rings (SSSR count). The summed E-state index contributed by atoms with van der Waals surface area (Å²) in [6, 6.07) is 0. The molecule has 3 atom stereocenters. The summed E-state index contributed by atoms with van der Waals surface area (Å²) in [5, 5.41) is 30.6. The van der Waals surface area contributed by atoms with Crippen molar-refractivity contribution in [2.45, 2.75) is 44.5 Å². The minimum absolute atomic E-state index is 0.163. The monoisotopic (exact) mass is 234 g/mol. The maximum Gasteiger partial charge on any atom is 0.248 e. The van der Waals surface area contributed by atoms with E-state index >= 15 is 0 Å². The zero-order chi connectivity index (χ0) is 12.6. The highest BCUT2D eigenvalue weighted by Gasteiger charge is 2.22. The molecule has 0 aromatic heterocycles. The average Bonchev–Trinajstić information content (AvgIpc) is 2.27. The van der Waals surface area contributed by atoms with Gasteiger partial charge >= 0.3 is 0 Å². The Labute approximate surface area is 95.5 Å². The topological polar surface area (TPSA) is 116 Å². The molecule has 6 nitrogen and oxygen atoms in total. The van der Waals surface area contributed by atoms with Crippen molar-refractivity contribution >= 4 is 5.91 Å². The van der Waals surface area contributed by atoms with Crippen LogP contribution >= 0.6 is 0 Å². The lowest BCUT2D eigenvalue weighted by Gasteiger charge is -2.19. The van der Waals surface area contributed by atoms with E-state index in [9.17, 15) is 20.1 Å². The normalized spacial score (nSPS) is 16.6. The van der Waals surface area contributed by atoms with Gasteiger partial charge in [-0.05, 0) is 19.4 Å². The molecule has 0 unspecified atom stereocenters. The molecule has 96 valence electrons. The van der Waals surface area contributed by atoms with Gasteiger partial charge in [0.25, 0.3) is 0 Å². The fraction of sp³-hybridized carbons (Fsp3) is 0.900. The molecule has 0 fully saturated rings. The molecule has 0 bridgehead atoms. The summed E-state index contributed by atoms with van der Waals surface area (Å²) in [7, 11) is 0. The van der Waals surface area contributed by atoms with Gasteiger partial charge in [0, 0.05) is 13.0 Å². The van der Waals surface area contributed by atoms with Crippen molar-refractivity contribution in [3.05, 3.63) is 0 Å². The highest BCUT2D eigenvalue weighted by molar-refractivity contribution is 5.80. The number of nitrogens with one attached hydrogen (secondary N) is 1. The SMILES string of the molecule is CC[C@@H](O)[C@@H](O)C[C@@H](O)C(=O)NCCCN. The first-order valence-electron chi connectivity index (χ1n) is 5.54. The highest BCUT2D eigenvalue weighted by Crippen LogP contribution is 2.06. The minimum atomic E-state index is -1.30. The number of hydrogen-bond acceptors (Lipinski definition) is 5. The number of aliphatic hydroxyl groups excluding tert-OH is 3. The predicted octanol–water partition coefficient (Wildman–Crippen LogP) is -1.67. The van der Waals surface area contributed by atoms with E-state index < -0.39 is 24.2 Å². The van der Waals surface area contributed by atoms with E-state index in [1.54, 1.807) is 6.92 Å². The van der Waals surface area contributed by atoms with Crippen LogP contribution in [0.2, 0.25) is 0 Å². The summed E-state index contributed by atoms with van der Waals surface area (Å²) in [6.07, 6.45) is -2.44. The van der Waals surface area contributed by atoms with Crippen molar-refractivity contribution < 1.29 is 20.1 Å². The molecule has 16 heavy (non-hydrogen) atoms. The summed E-state index contributed by atoms with van der Waals surface area (Å²) in [6.45, 7) is 2.58. The lowest BCUT2D eigenvalue weighted by Crippen LogP contribution is -2.40. The second-order valence-electron chi connectivity index (χ2n) is 3.73. The molecule has 6 heteroatoms. The van der Waals surface area contributed by atoms with Gasteiger partial charge in [-0.15, -0.1) is 0 Å². The first kappa shape index (κ1) is 15.3. The number of aliphatic hydroxyl groups is 3. The van der Waals surface area contributed by atoms with Crippen LogP contribution < -0.4 is 11.1 Å². The van der Waals surface area contributed by atoms with E-state index in [2.05, 4.69) is 5.32 Å². The maximum atomic E-state index is 11.3. The standard InChI is InChI=1S/C10H22N2O4/c1-2-7(13)8(14)6-9(15)10(16)12-5-3-4-11/h7-9,13-15H,2-6,11H2,1H3,(H,12,16)/t7-,8+,9-/m1/s1. The second-order valence-corrected chi connectivity index (χ2v) is 3.73. The van der Waals surface area contributed by atoms with Crippen LogP contribution in [-0.2, 0) is 4.79 Å². The fourth-order valence-corrected chi connectivity index (χ4v) is 1.20. The smallest absolute Gasteiger partial charge is 0.248 e. The Morgan fingerprint density at radius 1 is 1.31 bits per heavy atom. The first-order valence-corrected chi connectivity index (χ1v) is 5.54. The lowest BCUT2D eigenvalue weighted by atomic mass is 10.0. The summed E-state index contributed by atoms with van der Waals surface area (Å²) in [5.41, 5.74) is 5.24. The van der Waals surface area contributed by atoms with Crippen molar-refractivity contribution in [2.24, 2.45) is 5.73 Å². The molecular weight excluding hydrogens is 212 g/mol. The quantitative estimate of drug-likeness (QED) is 0.322. The highest BCUT2D eigenvalue weighted by atomic mass is 16.3. The van der Waals surface area contributed by atoms with Gasteiger partial charge in [0.2, 0.25) is 5.91 Å². The average molecular weight is 234 g/mol. The van der Waals surface area contributed by atoms with Crippen LogP contribution in [0, 0.1) is 0 Å². The van der Waals surface area contributed by atoms with Gasteiger partial charge in [-0.3, -0.25) is 4.79 Å². The summed E-state index contributed by atoms with van der Waals surface area (Å²) in [4.78, 5) is 11.3. The van der Waals surface area contributed by atoms with Crippen molar-refractivity contribution in [3.8, 4) is 0 Å². The van der Waals surface area contributed by atoms with Crippen molar-refractivity contribution in [1.82, 2.24) is 5.32 Å². The molecule has 0 aliphatic rings. The number of carbonyl (C=O) groups excluding carboxylic acids is 1.